The number of hydrogen-bond acceptors (Lipinski definition) is 3. The molecule has 0 fully saturated rings. The van der Waals surface area contributed by atoms with Crippen molar-refractivity contribution < 1.29 is 22.7 Å². The number of hydrogen-bond donors (Lipinski definition) is 0. The van der Waals surface area contributed by atoms with Crippen LogP contribution in [0.15, 0.2) is 0 Å². The van der Waals surface area contributed by atoms with Gasteiger partial charge in [0.1, 0.15) is 0 Å². The molecule has 0 aromatic heterocycles. The molecule has 0 saturated heterocycles. The Hall–Kier alpha value is -0.390. The first-order valence-corrected chi connectivity index (χ1v) is 5.76. The number of thioether (sulfide) groups is 1. The van der Waals surface area contributed by atoms with E-state index in [0.717, 1.165) is 11.8 Å². The van der Waals surface area contributed by atoms with Gasteiger partial charge in [0.05, 0.1) is 18.3 Å². The minimum Gasteiger partial charge on any atom is -0.465 e. The SMILES string of the molecule is CCCOC(=O)C(C)SCCC(F)(F)F. The maximum absolute atomic E-state index is 11.8. The Labute approximate surface area is 91.6 Å². The smallest absolute Gasteiger partial charge is 0.389 e. The van der Waals surface area contributed by atoms with E-state index in [-0.39, 0.29) is 5.75 Å². The molecule has 0 aliphatic heterocycles. The molecule has 0 aliphatic carbocycles. The zero-order valence-corrected chi connectivity index (χ0v) is 9.58. The van der Waals surface area contributed by atoms with Crippen LogP contribution in [0.5, 0.6) is 0 Å². The predicted molar refractivity (Wildman–Crippen MR) is 53.8 cm³/mol. The van der Waals surface area contributed by atoms with Crippen LogP contribution in [-0.2, 0) is 9.53 Å². The maximum atomic E-state index is 11.8. The van der Waals surface area contributed by atoms with Crippen LogP contribution in [0.25, 0.3) is 0 Å². The van der Waals surface area contributed by atoms with Gasteiger partial charge >= 0.3 is 12.1 Å². The second-order valence-electron chi connectivity index (χ2n) is 3.05. The van der Waals surface area contributed by atoms with Crippen molar-refractivity contribution in [3.05, 3.63) is 0 Å². The van der Waals surface area contributed by atoms with E-state index >= 15 is 0 Å². The van der Waals surface area contributed by atoms with Gasteiger partial charge in [-0.05, 0) is 13.3 Å². The fourth-order valence-electron chi connectivity index (χ4n) is 0.739. The van der Waals surface area contributed by atoms with Gasteiger partial charge in [0.2, 0.25) is 0 Å². The number of halogens is 3. The average molecular weight is 244 g/mol. The molecular formula is C9H15F3O2S. The molecule has 15 heavy (non-hydrogen) atoms. The molecule has 0 aliphatic rings. The Kier molecular flexibility index (Phi) is 6.80. The molecule has 0 aromatic rings. The lowest BCUT2D eigenvalue weighted by Gasteiger charge is -2.11. The number of alkyl halides is 3. The first-order valence-electron chi connectivity index (χ1n) is 4.71. The Morgan fingerprint density at radius 1 is 1.47 bits per heavy atom. The first kappa shape index (κ1) is 14.6. The molecule has 0 rings (SSSR count). The number of carbonyl (C=O) groups excluding carboxylic acids is 1. The van der Waals surface area contributed by atoms with Crippen molar-refractivity contribution >= 4 is 17.7 Å². The van der Waals surface area contributed by atoms with Gasteiger partial charge in [0.15, 0.2) is 0 Å². The highest BCUT2D eigenvalue weighted by Crippen LogP contribution is 2.24. The highest BCUT2D eigenvalue weighted by atomic mass is 32.2. The zero-order chi connectivity index (χ0) is 11.9. The van der Waals surface area contributed by atoms with Gasteiger partial charge in [0.25, 0.3) is 0 Å². The van der Waals surface area contributed by atoms with E-state index in [1.807, 2.05) is 6.92 Å². The molecule has 0 aromatic carbocycles. The number of ether oxygens (including phenoxy) is 1. The summed E-state index contributed by atoms with van der Waals surface area (Å²) in [5.74, 6) is -0.546. The van der Waals surface area contributed by atoms with Crippen molar-refractivity contribution in [2.45, 2.75) is 38.1 Å². The van der Waals surface area contributed by atoms with Crippen LogP contribution >= 0.6 is 11.8 Å². The highest BCUT2D eigenvalue weighted by Gasteiger charge is 2.27. The second-order valence-corrected chi connectivity index (χ2v) is 4.49. The quantitative estimate of drug-likeness (QED) is 0.672. The highest BCUT2D eigenvalue weighted by molar-refractivity contribution is 8.00. The van der Waals surface area contributed by atoms with Crippen LogP contribution in [0.1, 0.15) is 26.7 Å². The molecule has 0 radical (unpaired) electrons. The third kappa shape index (κ3) is 8.59. The van der Waals surface area contributed by atoms with Crippen LogP contribution in [0.3, 0.4) is 0 Å². The topological polar surface area (TPSA) is 26.3 Å². The van der Waals surface area contributed by atoms with Gasteiger partial charge in [-0.3, -0.25) is 4.79 Å². The Bertz CT molecular complexity index is 194. The third-order valence-electron chi connectivity index (χ3n) is 1.53. The third-order valence-corrected chi connectivity index (χ3v) is 2.67. The monoisotopic (exact) mass is 244 g/mol. The van der Waals surface area contributed by atoms with E-state index in [1.165, 1.54) is 0 Å². The predicted octanol–water partition coefficient (Wildman–Crippen LogP) is 3.01. The van der Waals surface area contributed by atoms with E-state index in [2.05, 4.69) is 0 Å². The van der Waals surface area contributed by atoms with Crippen LogP contribution in [0, 0.1) is 0 Å². The van der Waals surface area contributed by atoms with Gasteiger partial charge in [-0.15, -0.1) is 11.8 Å². The van der Waals surface area contributed by atoms with Crippen molar-refractivity contribution in [1.29, 1.82) is 0 Å². The van der Waals surface area contributed by atoms with E-state index in [0.29, 0.717) is 13.0 Å². The lowest BCUT2D eigenvalue weighted by atomic mass is 10.5. The Morgan fingerprint density at radius 2 is 2.07 bits per heavy atom. The Morgan fingerprint density at radius 3 is 2.53 bits per heavy atom. The number of esters is 1. The summed E-state index contributed by atoms with van der Waals surface area (Å²) >= 11 is 0.967. The van der Waals surface area contributed by atoms with Crippen molar-refractivity contribution in [2.24, 2.45) is 0 Å². The maximum Gasteiger partial charge on any atom is 0.389 e. The largest absolute Gasteiger partial charge is 0.465 e. The molecule has 1 unspecified atom stereocenters. The molecule has 0 saturated carbocycles. The fraction of sp³-hybridized carbons (Fsp3) is 0.889. The summed E-state index contributed by atoms with van der Waals surface area (Å²) in [4.78, 5) is 11.1. The lowest BCUT2D eigenvalue weighted by molar-refractivity contribution is -0.142. The van der Waals surface area contributed by atoms with E-state index < -0.39 is 23.8 Å². The van der Waals surface area contributed by atoms with Crippen molar-refractivity contribution in [3.63, 3.8) is 0 Å². The minimum atomic E-state index is -4.15. The summed E-state index contributed by atoms with van der Waals surface area (Å²) in [6.45, 7) is 3.73. The fourth-order valence-corrected chi connectivity index (χ4v) is 1.65. The molecule has 0 N–H and O–H groups in total. The van der Waals surface area contributed by atoms with E-state index in [1.54, 1.807) is 6.92 Å². The van der Waals surface area contributed by atoms with Gasteiger partial charge in [-0.25, -0.2) is 0 Å². The summed E-state index contributed by atoms with van der Waals surface area (Å²) in [5.41, 5.74) is 0. The summed E-state index contributed by atoms with van der Waals surface area (Å²) in [6.07, 6.45) is -4.31. The van der Waals surface area contributed by atoms with Crippen LogP contribution in [0.2, 0.25) is 0 Å². The molecule has 0 amide bonds. The van der Waals surface area contributed by atoms with Gasteiger partial charge in [-0.1, -0.05) is 6.92 Å². The second kappa shape index (κ2) is 6.98. The molecule has 90 valence electrons. The average Bonchev–Trinajstić information content (AvgIpc) is 2.11. The summed E-state index contributed by atoms with van der Waals surface area (Å²) in [7, 11) is 0. The van der Waals surface area contributed by atoms with E-state index in [9.17, 15) is 18.0 Å². The van der Waals surface area contributed by atoms with Crippen molar-refractivity contribution in [3.8, 4) is 0 Å². The van der Waals surface area contributed by atoms with Gasteiger partial charge < -0.3 is 4.74 Å². The number of rotatable bonds is 6. The van der Waals surface area contributed by atoms with Crippen LogP contribution in [-0.4, -0.2) is 29.8 Å². The van der Waals surface area contributed by atoms with Gasteiger partial charge in [-0.2, -0.15) is 13.2 Å². The minimum absolute atomic E-state index is 0.105. The Balaban J connectivity index is 3.64. The molecule has 0 spiro atoms. The standard InChI is InChI=1S/C9H15F3O2S/c1-3-5-14-8(13)7(2)15-6-4-9(10,11)12/h7H,3-6H2,1-2H3. The lowest BCUT2D eigenvalue weighted by Crippen LogP contribution is -2.19. The summed E-state index contributed by atoms with van der Waals surface area (Å²) in [6, 6.07) is 0. The van der Waals surface area contributed by atoms with E-state index in [4.69, 9.17) is 4.74 Å². The zero-order valence-electron chi connectivity index (χ0n) is 8.76. The normalized spacial score (nSPS) is 13.7. The molecule has 1 atom stereocenters. The number of carbonyl (C=O) groups is 1. The summed E-state index contributed by atoms with van der Waals surface area (Å²) < 4.78 is 40.1. The molecule has 0 heterocycles. The van der Waals surface area contributed by atoms with Crippen LogP contribution in [0.4, 0.5) is 13.2 Å². The molecular weight excluding hydrogens is 229 g/mol. The summed E-state index contributed by atoms with van der Waals surface area (Å²) in [5, 5.41) is -0.529. The van der Waals surface area contributed by atoms with Crippen molar-refractivity contribution in [1.82, 2.24) is 0 Å². The molecule has 2 nitrogen and oxygen atoms in total. The van der Waals surface area contributed by atoms with Crippen LogP contribution < -0.4 is 0 Å². The molecule has 0 bridgehead atoms. The van der Waals surface area contributed by atoms with Gasteiger partial charge in [0, 0.05) is 5.75 Å². The molecule has 6 heteroatoms. The van der Waals surface area contributed by atoms with Crippen molar-refractivity contribution in [2.75, 3.05) is 12.4 Å². The first-order chi connectivity index (χ1) is 6.87.